The summed E-state index contributed by atoms with van der Waals surface area (Å²) >= 11 is 0. The minimum atomic E-state index is 0.392. The molecule has 17 heavy (non-hydrogen) atoms. The smallest absolute Gasteiger partial charge is 0.125 e. The number of anilines is 1. The summed E-state index contributed by atoms with van der Waals surface area (Å²) in [5.74, 6) is 0.392. The Morgan fingerprint density at radius 1 is 0.941 bits per heavy atom. The minimum Gasteiger partial charge on any atom is -0.507 e. The second kappa shape index (κ2) is 4.28. The second-order valence-corrected chi connectivity index (χ2v) is 4.73. The summed E-state index contributed by atoms with van der Waals surface area (Å²) < 4.78 is 0. The van der Waals surface area contributed by atoms with Crippen LogP contribution in [0.15, 0.2) is 36.4 Å². The molecule has 2 nitrogen and oxygen atoms in total. The Bertz CT molecular complexity index is 529. The fourth-order valence-electron chi connectivity index (χ4n) is 2.61. The van der Waals surface area contributed by atoms with Crippen molar-refractivity contribution in [3.8, 4) is 5.75 Å². The van der Waals surface area contributed by atoms with Crippen LogP contribution in [0.3, 0.4) is 0 Å². The van der Waals surface area contributed by atoms with Crippen LogP contribution >= 0.6 is 0 Å². The van der Waals surface area contributed by atoms with Gasteiger partial charge in [-0.3, -0.25) is 0 Å². The van der Waals surface area contributed by atoms with Gasteiger partial charge in [0.05, 0.1) is 0 Å². The van der Waals surface area contributed by atoms with Gasteiger partial charge in [0.1, 0.15) is 5.75 Å². The molecule has 0 aromatic heterocycles. The van der Waals surface area contributed by atoms with E-state index in [0.29, 0.717) is 5.75 Å². The summed E-state index contributed by atoms with van der Waals surface area (Å²) in [6.07, 6.45) is 3.84. The van der Waals surface area contributed by atoms with E-state index in [-0.39, 0.29) is 0 Å². The summed E-state index contributed by atoms with van der Waals surface area (Å²) in [4.78, 5) is 2.37. The average Bonchev–Trinajstić information content (AvgIpc) is 2.40. The molecule has 1 N–H and O–H groups in total. The van der Waals surface area contributed by atoms with E-state index in [1.54, 1.807) is 0 Å². The molecule has 0 radical (unpaired) electrons. The molecule has 1 aliphatic rings. The standard InChI is InChI=1S/C15H17NO/c17-15-11-13(16-8-4-1-5-9-16)10-12-6-2-3-7-14(12)15/h2-3,6-7,10-11,17H,1,4-5,8-9H2. The number of nitrogens with zero attached hydrogens (tertiary/aromatic N) is 1. The zero-order valence-corrected chi connectivity index (χ0v) is 9.89. The summed E-state index contributed by atoms with van der Waals surface area (Å²) in [6, 6.07) is 12.1. The largest absolute Gasteiger partial charge is 0.507 e. The lowest BCUT2D eigenvalue weighted by molar-refractivity contribution is 0.481. The number of hydrogen-bond donors (Lipinski definition) is 1. The lowest BCUT2D eigenvalue weighted by atomic mass is 10.1. The molecular formula is C15H17NO. The maximum Gasteiger partial charge on any atom is 0.125 e. The maximum atomic E-state index is 10.1. The zero-order valence-electron chi connectivity index (χ0n) is 9.89. The van der Waals surface area contributed by atoms with Gasteiger partial charge in [-0.2, -0.15) is 0 Å². The van der Waals surface area contributed by atoms with Gasteiger partial charge in [0.25, 0.3) is 0 Å². The number of benzene rings is 2. The molecule has 3 rings (SSSR count). The van der Waals surface area contributed by atoms with Gasteiger partial charge < -0.3 is 10.0 Å². The number of piperidine rings is 1. The van der Waals surface area contributed by atoms with Crippen molar-refractivity contribution in [2.24, 2.45) is 0 Å². The van der Waals surface area contributed by atoms with Gasteiger partial charge in [-0.15, -0.1) is 0 Å². The van der Waals surface area contributed by atoms with E-state index in [2.05, 4.69) is 17.0 Å². The highest BCUT2D eigenvalue weighted by Gasteiger charge is 2.12. The van der Waals surface area contributed by atoms with Crippen molar-refractivity contribution < 1.29 is 5.11 Å². The van der Waals surface area contributed by atoms with Crippen LogP contribution < -0.4 is 4.90 Å². The van der Waals surface area contributed by atoms with Crippen LogP contribution in [0.5, 0.6) is 5.75 Å². The Labute approximate surface area is 101 Å². The number of aromatic hydroxyl groups is 1. The predicted octanol–water partition coefficient (Wildman–Crippen LogP) is 3.54. The van der Waals surface area contributed by atoms with Gasteiger partial charge in [-0.1, -0.05) is 24.3 Å². The molecule has 0 atom stereocenters. The fourth-order valence-corrected chi connectivity index (χ4v) is 2.61. The SMILES string of the molecule is Oc1cc(N2CCCCC2)cc2ccccc12. The first-order valence-electron chi connectivity index (χ1n) is 6.31. The molecule has 0 amide bonds. The van der Waals surface area contributed by atoms with Crippen LogP contribution in [0.1, 0.15) is 19.3 Å². The van der Waals surface area contributed by atoms with Crippen LogP contribution in [-0.4, -0.2) is 18.2 Å². The highest BCUT2D eigenvalue weighted by atomic mass is 16.3. The molecule has 88 valence electrons. The number of phenols is 1. The van der Waals surface area contributed by atoms with Gasteiger partial charge in [0.2, 0.25) is 0 Å². The number of phenolic OH excluding ortho intramolecular Hbond substituents is 1. The molecule has 0 spiro atoms. The second-order valence-electron chi connectivity index (χ2n) is 4.73. The van der Waals surface area contributed by atoms with Gasteiger partial charge in [-0.25, -0.2) is 0 Å². The van der Waals surface area contributed by atoms with Crippen LogP contribution in [0.4, 0.5) is 5.69 Å². The van der Waals surface area contributed by atoms with E-state index in [1.165, 1.54) is 19.3 Å². The van der Waals surface area contributed by atoms with Crippen molar-refractivity contribution in [1.82, 2.24) is 0 Å². The Hall–Kier alpha value is -1.70. The van der Waals surface area contributed by atoms with E-state index in [9.17, 15) is 5.11 Å². The van der Waals surface area contributed by atoms with Gasteiger partial charge in [-0.05, 0) is 30.7 Å². The molecule has 2 heteroatoms. The maximum absolute atomic E-state index is 10.1. The number of hydrogen-bond acceptors (Lipinski definition) is 2. The van der Waals surface area contributed by atoms with Gasteiger partial charge in [0, 0.05) is 30.2 Å². The Kier molecular flexibility index (Phi) is 2.63. The summed E-state index contributed by atoms with van der Waals surface area (Å²) in [6.45, 7) is 2.22. The zero-order chi connectivity index (χ0) is 11.7. The number of fused-ring (bicyclic) bond motifs is 1. The van der Waals surface area contributed by atoms with Crippen LogP contribution in [0, 0.1) is 0 Å². The van der Waals surface area contributed by atoms with Crippen molar-refractivity contribution in [2.45, 2.75) is 19.3 Å². The highest BCUT2D eigenvalue weighted by molar-refractivity contribution is 5.91. The average molecular weight is 227 g/mol. The molecule has 0 bridgehead atoms. The third-order valence-corrected chi connectivity index (χ3v) is 3.55. The summed E-state index contributed by atoms with van der Waals surface area (Å²) in [7, 11) is 0. The van der Waals surface area contributed by atoms with Crippen LogP contribution in [-0.2, 0) is 0 Å². The molecule has 2 aromatic rings. The van der Waals surface area contributed by atoms with Crippen molar-refractivity contribution >= 4 is 16.5 Å². The topological polar surface area (TPSA) is 23.5 Å². The fraction of sp³-hybridized carbons (Fsp3) is 0.333. The lowest BCUT2D eigenvalue weighted by Gasteiger charge is -2.29. The van der Waals surface area contributed by atoms with Crippen molar-refractivity contribution in [3.63, 3.8) is 0 Å². The first-order valence-corrected chi connectivity index (χ1v) is 6.31. The van der Waals surface area contributed by atoms with Gasteiger partial charge >= 0.3 is 0 Å². The monoisotopic (exact) mass is 227 g/mol. The predicted molar refractivity (Wildman–Crippen MR) is 71.7 cm³/mol. The molecule has 1 saturated heterocycles. The Morgan fingerprint density at radius 2 is 1.71 bits per heavy atom. The summed E-state index contributed by atoms with van der Waals surface area (Å²) in [5.41, 5.74) is 1.15. The molecule has 0 aliphatic carbocycles. The lowest BCUT2D eigenvalue weighted by Crippen LogP contribution is -2.29. The third kappa shape index (κ3) is 1.95. The van der Waals surface area contributed by atoms with E-state index in [0.717, 1.165) is 29.5 Å². The highest BCUT2D eigenvalue weighted by Crippen LogP contribution is 2.31. The van der Waals surface area contributed by atoms with E-state index in [1.807, 2.05) is 24.3 Å². The Morgan fingerprint density at radius 3 is 2.53 bits per heavy atom. The van der Waals surface area contributed by atoms with Crippen molar-refractivity contribution in [3.05, 3.63) is 36.4 Å². The normalized spacial score (nSPS) is 16.4. The van der Waals surface area contributed by atoms with Crippen molar-refractivity contribution in [1.29, 1.82) is 0 Å². The first-order chi connectivity index (χ1) is 8.34. The first kappa shape index (κ1) is 10.5. The molecule has 1 fully saturated rings. The molecule has 0 saturated carbocycles. The van der Waals surface area contributed by atoms with E-state index >= 15 is 0 Å². The molecule has 1 aliphatic heterocycles. The van der Waals surface area contributed by atoms with E-state index in [4.69, 9.17) is 0 Å². The minimum absolute atomic E-state index is 0.392. The quantitative estimate of drug-likeness (QED) is 0.805. The van der Waals surface area contributed by atoms with Crippen LogP contribution in [0.2, 0.25) is 0 Å². The molecule has 1 heterocycles. The number of rotatable bonds is 1. The molecule has 2 aromatic carbocycles. The van der Waals surface area contributed by atoms with Crippen molar-refractivity contribution in [2.75, 3.05) is 18.0 Å². The summed E-state index contributed by atoms with van der Waals surface area (Å²) in [5, 5.41) is 12.1. The molecular weight excluding hydrogens is 210 g/mol. The third-order valence-electron chi connectivity index (χ3n) is 3.55. The van der Waals surface area contributed by atoms with E-state index < -0.39 is 0 Å². The molecule has 0 unspecified atom stereocenters. The Balaban J connectivity index is 2.05. The van der Waals surface area contributed by atoms with Gasteiger partial charge in [0.15, 0.2) is 0 Å². The van der Waals surface area contributed by atoms with Crippen LogP contribution in [0.25, 0.3) is 10.8 Å².